The highest BCUT2D eigenvalue weighted by atomic mass is 16.5. The molecule has 0 saturated heterocycles. The zero-order chi connectivity index (χ0) is 15.0. The van der Waals surface area contributed by atoms with Crippen LogP contribution in [0, 0.1) is 0 Å². The van der Waals surface area contributed by atoms with Crippen molar-refractivity contribution in [2.45, 2.75) is 26.4 Å². The number of carbonyl (C=O) groups excluding carboxylic acids is 1. The van der Waals surface area contributed by atoms with Gasteiger partial charge >= 0.3 is 0 Å². The molecule has 0 saturated carbocycles. The van der Waals surface area contributed by atoms with E-state index in [1.54, 1.807) is 11.0 Å². The molecule has 0 atom stereocenters. The van der Waals surface area contributed by atoms with E-state index >= 15 is 0 Å². The van der Waals surface area contributed by atoms with Crippen molar-refractivity contribution in [2.24, 2.45) is 0 Å². The fourth-order valence-corrected chi connectivity index (χ4v) is 1.63. The molecule has 0 aromatic heterocycles. The van der Waals surface area contributed by atoms with Crippen molar-refractivity contribution in [3.05, 3.63) is 42.5 Å². The number of hydrogen-bond donors (Lipinski definition) is 1. The summed E-state index contributed by atoms with van der Waals surface area (Å²) in [4.78, 5) is 13.6. The molecule has 4 nitrogen and oxygen atoms in total. The van der Waals surface area contributed by atoms with Gasteiger partial charge in [-0.05, 0) is 17.7 Å². The highest BCUT2D eigenvalue weighted by Gasteiger charge is 2.09. The summed E-state index contributed by atoms with van der Waals surface area (Å²) in [6, 6.07) is 8.07. The van der Waals surface area contributed by atoms with Crippen LogP contribution in [0.4, 0.5) is 0 Å². The van der Waals surface area contributed by atoms with Gasteiger partial charge in [0.2, 0.25) is 5.91 Å². The molecule has 0 aliphatic carbocycles. The number of benzene rings is 1. The van der Waals surface area contributed by atoms with Crippen molar-refractivity contribution in [1.82, 2.24) is 10.2 Å². The monoisotopic (exact) mass is 276 g/mol. The molecule has 0 fully saturated rings. The first-order valence-corrected chi connectivity index (χ1v) is 6.83. The minimum atomic E-state index is 0.0886. The largest absolute Gasteiger partial charge is 0.490 e. The van der Waals surface area contributed by atoms with Gasteiger partial charge in [-0.15, -0.1) is 0 Å². The summed E-state index contributed by atoms with van der Waals surface area (Å²) in [5.41, 5.74) is 1.08. The Balaban J connectivity index is 2.46. The van der Waals surface area contributed by atoms with Crippen LogP contribution in [-0.4, -0.2) is 37.0 Å². The van der Waals surface area contributed by atoms with Crippen molar-refractivity contribution in [1.29, 1.82) is 0 Å². The fourth-order valence-electron chi connectivity index (χ4n) is 1.63. The van der Waals surface area contributed by atoms with Gasteiger partial charge in [0.25, 0.3) is 0 Å². The van der Waals surface area contributed by atoms with Crippen LogP contribution in [0.1, 0.15) is 19.4 Å². The van der Waals surface area contributed by atoms with Gasteiger partial charge < -0.3 is 15.0 Å². The average Bonchev–Trinajstić information content (AvgIpc) is 2.43. The number of ether oxygens (including phenoxy) is 1. The Hall–Kier alpha value is -1.81. The maximum Gasteiger partial charge on any atom is 0.236 e. The van der Waals surface area contributed by atoms with Crippen molar-refractivity contribution in [3.8, 4) is 5.75 Å². The van der Waals surface area contributed by atoms with Crippen LogP contribution in [0.2, 0.25) is 0 Å². The topological polar surface area (TPSA) is 41.6 Å². The van der Waals surface area contributed by atoms with Gasteiger partial charge in [0.15, 0.2) is 0 Å². The Morgan fingerprint density at radius 3 is 2.60 bits per heavy atom. The lowest BCUT2D eigenvalue weighted by Gasteiger charge is -2.18. The van der Waals surface area contributed by atoms with Gasteiger partial charge in [-0.2, -0.15) is 0 Å². The molecule has 0 radical (unpaired) electrons. The van der Waals surface area contributed by atoms with E-state index in [1.807, 2.05) is 45.2 Å². The molecule has 1 aromatic rings. The molecular weight excluding hydrogens is 252 g/mol. The smallest absolute Gasteiger partial charge is 0.236 e. The molecule has 1 rings (SSSR count). The first-order valence-electron chi connectivity index (χ1n) is 6.83. The molecule has 0 bridgehead atoms. The molecule has 4 heteroatoms. The Kier molecular flexibility index (Phi) is 6.81. The SMILES string of the molecule is C=CCOc1ccc(CN(C)C(=O)CNC(C)C)cc1. The second-order valence-electron chi connectivity index (χ2n) is 5.03. The molecule has 1 amide bonds. The minimum absolute atomic E-state index is 0.0886. The van der Waals surface area contributed by atoms with E-state index in [0.717, 1.165) is 11.3 Å². The van der Waals surface area contributed by atoms with Gasteiger partial charge in [0, 0.05) is 19.6 Å². The van der Waals surface area contributed by atoms with Crippen molar-refractivity contribution < 1.29 is 9.53 Å². The molecular formula is C16H24N2O2. The van der Waals surface area contributed by atoms with Crippen molar-refractivity contribution in [3.63, 3.8) is 0 Å². The fraction of sp³-hybridized carbons (Fsp3) is 0.438. The minimum Gasteiger partial charge on any atom is -0.490 e. The maximum atomic E-state index is 11.9. The van der Waals surface area contributed by atoms with E-state index in [0.29, 0.717) is 25.7 Å². The van der Waals surface area contributed by atoms with Crippen LogP contribution in [0.3, 0.4) is 0 Å². The third-order valence-corrected chi connectivity index (χ3v) is 2.80. The van der Waals surface area contributed by atoms with Crippen LogP contribution in [-0.2, 0) is 11.3 Å². The Labute approximate surface area is 121 Å². The number of nitrogens with one attached hydrogen (secondary N) is 1. The summed E-state index contributed by atoms with van der Waals surface area (Å²) in [6.45, 7) is 9.12. The van der Waals surface area contributed by atoms with E-state index in [4.69, 9.17) is 4.74 Å². The summed E-state index contributed by atoms with van der Waals surface area (Å²) in [5.74, 6) is 0.898. The number of likely N-dealkylation sites (N-methyl/N-ethyl adjacent to an activating group) is 1. The highest BCUT2D eigenvalue weighted by Crippen LogP contribution is 2.13. The first-order chi connectivity index (χ1) is 9.52. The number of rotatable bonds is 8. The Morgan fingerprint density at radius 2 is 2.05 bits per heavy atom. The Bertz CT molecular complexity index is 427. The third kappa shape index (κ3) is 5.89. The van der Waals surface area contributed by atoms with Gasteiger partial charge in [-0.1, -0.05) is 38.6 Å². The van der Waals surface area contributed by atoms with Crippen LogP contribution >= 0.6 is 0 Å². The normalized spacial score (nSPS) is 10.4. The molecule has 0 aliphatic heterocycles. The van der Waals surface area contributed by atoms with Crippen LogP contribution in [0.25, 0.3) is 0 Å². The number of hydrogen-bond acceptors (Lipinski definition) is 3. The molecule has 110 valence electrons. The van der Waals surface area contributed by atoms with E-state index < -0.39 is 0 Å². The molecule has 1 N–H and O–H groups in total. The average molecular weight is 276 g/mol. The molecule has 0 heterocycles. The summed E-state index contributed by atoms with van der Waals surface area (Å²) >= 11 is 0. The van der Waals surface area contributed by atoms with E-state index in [9.17, 15) is 4.79 Å². The number of carbonyl (C=O) groups is 1. The Morgan fingerprint density at radius 1 is 1.40 bits per heavy atom. The van der Waals surface area contributed by atoms with E-state index in [1.165, 1.54) is 0 Å². The summed E-state index contributed by atoms with van der Waals surface area (Å²) in [7, 11) is 1.81. The number of nitrogens with zero attached hydrogens (tertiary/aromatic N) is 1. The van der Waals surface area contributed by atoms with Crippen LogP contribution in [0.15, 0.2) is 36.9 Å². The second-order valence-corrected chi connectivity index (χ2v) is 5.03. The lowest BCUT2D eigenvalue weighted by Crippen LogP contribution is -2.37. The standard InChI is InChI=1S/C16H24N2O2/c1-5-10-20-15-8-6-14(7-9-15)12-18(4)16(19)11-17-13(2)3/h5-9,13,17H,1,10-12H2,2-4H3. The third-order valence-electron chi connectivity index (χ3n) is 2.80. The lowest BCUT2D eigenvalue weighted by atomic mass is 10.2. The van der Waals surface area contributed by atoms with Crippen molar-refractivity contribution >= 4 is 5.91 Å². The molecule has 20 heavy (non-hydrogen) atoms. The molecule has 0 unspecified atom stereocenters. The summed E-state index contributed by atoms with van der Waals surface area (Å²) < 4.78 is 5.42. The van der Waals surface area contributed by atoms with E-state index in [2.05, 4.69) is 11.9 Å². The van der Waals surface area contributed by atoms with Gasteiger partial charge in [-0.25, -0.2) is 0 Å². The molecule has 0 aliphatic rings. The van der Waals surface area contributed by atoms with Gasteiger partial charge in [-0.3, -0.25) is 4.79 Å². The first kappa shape index (κ1) is 16.2. The summed E-state index contributed by atoms with van der Waals surface area (Å²) in [5, 5.41) is 3.12. The van der Waals surface area contributed by atoms with Crippen LogP contribution < -0.4 is 10.1 Å². The zero-order valence-corrected chi connectivity index (χ0v) is 12.6. The van der Waals surface area contributed by atoms with Gasteiger partial charge in [0.05, 0.1) is 6.54 Å². The number of amides is 1. The second kappa shape index (κ2) is 8.38. The molecule has 1 aromatic carbocycles. The zero-order valence-electron chi connectivity index (χ0n) is 12.6. The lowest BCUT2D eigenvalue weighted by molar-refractivity contribution is -0.129. The predicted octanol–water partition coefficient (Wildman–Crippen LogP) is 2.21. The van der Waals surface area contributed by atoms with Crippen molar-refractivity contribution in [2.75, 3.05) is 20.2 Å². The van der Waals surface area contributed by atoms with Crippen LogP contribution in [0.5, 0.6) is 5.75 Å². The highest BCUT2D eigenvalue weighted by molar-refractivity contribution is 5.78. The molecule has 0 spiro atoms. The maximum absolute atomic E-state index is 11.9. The quantitative estimate of drug-likeness (QED) is 0.740. The predicted molar refractivity (Wildman–Crippen MR) is 81.7 cm³/mol. The van der Waals surface area contributed by atoms with Gasteiger partial charge in [0.1, 0.15) is 12.4 Å². The summed E-state index contributed by atoms with van der Waals surface area (Å²) in [6.07, 6.45) is 1.71. The van der Waals surface area contributed by atoms with E-state index in [-0.39, 0.29) is 5.91 Å².